The van der Waals surface area contributed by atoms with E-state index in [-0.39, 0.29) is 0 Å². The van der Waals surface area contributed by atoms with Crippen LogP contribution in [0.1, 0.15) is 0 Å². The zero-order valence-electron chi connectivity index (χ0n) is 24.8. The molecule has 9 atom stereocenters. The quantitative estimate of drug-likeness (QED) is 0.0761. The van der Waals surface area contributed by atoms with Crippen molar-refractivity contribution >= 4 is 83.2 Å². The minimum Gasteiger partial charge on any atom is -0.726 e. The molecule has 2 heterocycles. The molecule has 55 heavy (non-hydrogen) atoms. The molecule has 2 rings (SSSR count). The van der Waals surface area contributed by atoms with Crippen LogP contribution in [-0.2, 0) is 131 Å². The van der Waals surface area contributed by atoms with Crippen LogP contribution in [0.5, 0.6) is 0 Å². The van der Waals surface area contributed by atoms with E-state index in [1.807, 2.05) is 0 Å². The maximum absolute atomic E-state index is 11.7. The van der Waals surface area contributed by atoms with Gasteiger partial charge in [0.05, 0.1) is 13.2 Å². The van der Waals surface area contributed by atoms with Crippen molar-refractivity contribution in [1.29, 1.82) is 0 Å². The smallest absolute Gasteiger partial charge is 0.227 e. The maximum Gasteiger partial charge on any atom is 0.227 e. The van der Waals surface area contributed by atoms with Crippen LogP contribution in [-0.4, -0.2) is 178 Å². The number of hydrogen-bond acceptors (Lipinski definition) is 35. The molecule has 9 unspecified atom stereocenters. The highest BCUT2D eigenvalue weighted by Gasteiger charge is 2.64. The van der Waals surface area contributed by atoms with Crippen LogP contribution in [0.4, 0.5) is 0 Å². The molecule has 0 N–H and O–H groups in total. The predicted octanol–water partition coefficient (Wildman–Crippen LogP) is -9.52. The van der Waals surface area contributed by atoms with E-state index in [9.17, 15) is 104 Å². The molecule has 35 nitrogen and oxygen atoms in total. The Hall–Kier alpha value is -1.16. The fraction of sp³-hybridized carbons (Fsp3) is 1.00. The van der Waals surface area contributed by atoms with Crippen LogP contribution in [0.2, 0.25) is 0 Å². The van der Waals surface area contributed by atoms with Gasteiger partial charge in [-0.2, -0.15) is 0 Å². The molecule has 0 bridgehead atoms. The Labute approximate surface area is 308 Å². The van der Waals surface area contributed by atoms with Gasteiger partial charge < -0.3 is 50.6 Å². The molecule has 0 amide bonds. The van der Waals surface area contributed by atoms with Crippen molar-refractivity contribution in [3.8, 4) is 0 Å². The van der Waals surface area contributed by atoms with Gasteiger partial charge in [-0.1, -0.05) is 0 Å². The lowest BCUT2D eigenvalue weighted by Crippen LogP contribution is -2.65. The van der Waals surface area contributed by atoms with Gasteiger partial charge in [0.1, 0.15) is 37.1 Å². The van der Waals surface area contributed by atoms with Crippen molar-refractivity contribution in [1.82, 2.24) is 0 Å². The summed E-state index contributed by atoms with van der Waals surface area (Å²) in [7, 11) is -50.8. The highest BCUT2D eigenvalue weighted by molar-refractivity contribution is 7.82. The molecule has 0 aromatic carbocycles. The average molecular weight is 975 g/mol. The Morgan fingerprint density at radius 2 is 0.782 bits per heavy atom. The van der Waals surface area contributed by atoms with Crippen LogP contribution < -0.4 is 0 Å². The molecular formula is C12H14O35S8-8. The van der Waals surface area contributed by atoms with Crippen LogP contribution >= 0.6 is 0 Å². The molecule has 0 aliphatic carbocycles. The van der Waals surface area contributed by atoms with E-state index in [1.165, 1.54) is 0 Å². The van der Waals surface area contributed by atoms with Crippen molar-refractivity contribution in [3.63, 3.8) is 0 Å². The summed E-state index contributed by atoms with van der Waals surface area (Å²) in [5.41, 5.74) is 0. The monoisotopic (exact) mass is 974 g/mol. The average Bonchev–Trinajstić information content (AvgIpc) is 3.15. The summed E-state index contributed by atoms with van der Waals surface area (Å²) < 4.78 is 320. The van der Waals surface area contributed by atoms with Crippen LogP contribution in [0.3, 0.4) is 0 Å². The summed E-state index contributed by atoms with van der Waals surface area (Å²) in [6.45, 7) is -6.74. The summed E-state index contributed by atoms with van der Waals surface area (Å²) in [6, 6.07) is 0. The summed E-state index contributed by atoms with van der Waals surface area (Å²) >= 11 is 0. The molecule has 43 heteroatoms. The van der Waals surface area contributed by atoms with Gasteiger partial charge in [-0.3, -0.25) is 33.5 Å². The third-order valence-corrected chi connectivity index (χ3v) is 9.18. The van der Waals surface area contributed by atoms with Crippen molar-refractivity contribution in [2.24, 2.45) is 0 Å². The summed E-state index contributed by atoms with van der Waals surface area (Å²) in [6.07, 6.45) is -27.5. The Morgan fingerprint density at radius 1 is 0.418 bits per heavy atom. The zero-order valence-corrected chi connectivity index (χ0v) is 31.3. The third-order valence-electron chi connectivity index (χ3n) is 5.65. The van der Waals surface area contributed by atoms with Gasteiger partial charge in [-0.05, 0) is 0 Å². The molecule has 2 fully saturated rings. The van der Waals surface area contributed by atoms with Crippen LogP contribution in [0, 0.1) is 0 Å². The third kappa shape index (κ3) is 18.1. The fourth-order valence-corrected chi connectivity index (χ4v) is 7.60. The number of ether oxygens (including phenoxy) is 3. The van der Waals surface area contributed by atoms with Gasteiger partial charge in [0.2, 0.25) is 89.0 Å². The van der Waals surface area contributed by atoms with Gasteiger partial charge >= 0.3 is 0 Å². The summed E-state index contributed by atoms with van der Waals surface area (Å²) in [5, 5.41) is 0. The Morgan fingerprint density at radius 3 is 1.18 bits per heavy atom. The van der Waals surface area contributed by atoms with E-state index in [0.29, 0.717) is 0 Å². The van der Waals surface area contributed by atoms with E-state index in [2.05, 4.69) is 33.5 Å². The zero-order chi connectivity index (χ0) is 43.0. The maximum atomic E-state index is 11.7. The lowest BCUT2D eigenvalue weighted by atomic mass is 9.99. The molecule has 328 valence electrons. The van der Waals surface area contributed by atoms with Gasteiger partial charge in [0, 0.05) is 0 Å². The lowest BCUT2D eigenvalue weighted by molar-refractivity contribution is -0.374. The fourth-order valence-electron chi connectivity index (χ4n) is 4.21. The molecule has 2 aliphatic heterocycles. The van der Waals surface area contributed by atoms with Crippen molar-refractivity contribution in [2.45, 2.75) is 54.8 Å². The highest BCUT2D eigenvalue weighted by atomic mass is 32.3. The van der Waals surface area contributed by atoms with Gasteiger partial charge in [0.15, 0.2) is 18.5 Å². The van der Waals surface area contributed by atoms with Crippen molar-refractivity contribution < 1.29 is 151 Å². The van der Waals surface area contributed by atoms with E-state index in [4.69, 9.17) is 14.2 Å². The highest BCUT2D eigenvalue weighted by Crippen LogP contribution is 2.42. The van der Waals surface area contributed by atoms with Crippen LogP contribution in [0.25, 0.3) is 0 Å². The number of rotatable bonds is 21. The standard InChI is InChI=1S/C12H22O35S8/c13-48(14,15)37-1-4-6(43-51(22,23)24)8(45-53(28,29)30)9(46-54(31,32)33)11(40-4)42-12(3-39-50(19,20)21)10(47-55(34,35)36)7(44-52(25,26)27)5(41-12)2-38-49(16,17)18/h4-11H,1-3H2,(H,13,14,15)(H,16,17,18)(H,19,20,21)(H,22,23,24)(H,25,26,27)(H,28,29,30)(H,31,32,33)(H,34,35,36)/p-8. The van der Waals surface area contributed by atoms with E-state index in [1.54, 1.807) is 0 Å². The largest absolute Gasteiger partial charge is 0.726 e. The van der Waals surface area contributed by atoms with Crippen molar-refractivity contribution in [3.05, 3.63) is 0 Å². The second-order valence-corrected chi connectivity index (χ2v) is 17.7. The second-order valence-electron chi connectivity index (χ2n) is 9.49. The molecule has 0 aromatic heterocycles. The molecule has 0 saturated carbocycles. The van der Waals surface area contributed by atoms with Crippen molar-refractivity contribution in [2.75, 3.05) is 19.8 Å². The minimum atomic E-state index is -6.58. The number of hydrogen-bond donors (Lipinski definition) is 0. The first-order valence-corrected chi connectivity index (χ1v) is 22.9. The molecule has 0 radical (unpaired) electrons. The van der Waals surface area contributed by atoms with Crippen LogP contribution in [0.15, 0.2) is 0 Å². The van der Waals surface area contributed by atoms with Gasteiger partial charge in [0.25, 0.3) is 0 Å². The van der Waals surface area contributed by atoms with E-state index < -0.39 is 158 Å². The first kappa shape index (κ1) is 50.0. The topological polar surface area (TPSA) is 559 Å². The second kappa shape index (κ2) is 17.2. The molecule has 0 spiro atoms. The molecule has 2 aliphatic rings. The van der Waals surface area contributed by atoms with E-state index in [0.717, 1.165) is 0 Å². The minimum absolute atomic E-state index is 2.07. The predicted molar refractivity (Wildman–Crippen MR) is 137 cm³/mol. The molecule has 0 aromatic rings. The van der Waals surface area contributed by atoms with E-state index >= 15 is 0 Å². The first-order chi connectivity index (χ1) is 24.2. The molecular weight excluding hydrogens is 961 g/mol. The Balaban J connectivity index is 3.07. The lowest BCUT2D eigenvalue weighted by Gasteiger charge is -2.47. The Kier molecular flexibility index (Phi) is 15.6. The van der Waals surface area contributed by atoms with Gasteiger partial charge in [-0.15, -0.1) is 0 Å². The first-order valence-electron chi connectivity index (χ1n) is 12.2. The summed E-state index contributed by atoms with van der Waals surface area (Å²) in [5.74, 6) is -4.31. The normalized spacial score (nSPS) is 30.7. The SMILES string of the molecule is O=S(=O)([O-])OCC1OC(OC2(COS(=O)(=O)[O-])OC(COS(=O)(=O)[O-])C(OS(=O)(=O)[O-])C2OS(=O)(=O)[O-])C(OS(=O)(=O)[O-])C(OS(=O)(=O)[O-])C1OS(=O)(=O)[O-]. The molecule has 2 saturated heterocycles. The summed E-state index contributed by atoms with van der Waals surface area (Å²) in [4.78, 5) is 0. The Bertz CT molecular complexity index is 2280. The van der Waals surface area contributed by atoms with Gasteiger partial charge in [-0.25, -0.2) is 67.3 Å².